The van der Waals surface area contributed by atoms with Crippen molar-refractivity contribution in [3.8, 4) is 0 Å². The first-order valence-corrected chi connectivity index (χ1v) is 4.63. The van der Waals surface area contributed by atoms with Crippen LogP contribution in [0.4, 0.5) is 0 Å². The zero-order valence-electron chi connectivity index (χ0n) is 6.84. The molecule has 0 aromatic carbocycles. The van der Waals surface area contributed by atoms with Crippen molar-refractivity contribution in [2.75, 3.05) is 6.54 Å². The van der Waals surface area contributed by atoms with Crippen molar-refractivity contribution in [1.82, 2.24) is 4.90 Å². The minimum absolute atomic E-state index is 0.894. The molecule has 1 saturated carbocycles. The maximum Gasteiger partial charge on any atom is 0.00980 e. The van der Waals surface area contributed by atoms with E-state index in [1.165, 1.54) is 38.6 Å². The van der Waals surface area contributed by atoms with Gasteiger partial charge in [0.25, 0.3) is 0 Å². The van der Waals surface area contributed by atoms with Crippen LogP contribution in [0, 0.1) is 0 Å². The Kier molecular flexibility index (Phi) is 1.69. The van der Waals surface area contributed by atoms with Crippen LogP contribution in [0.2, 0.25) is 0 Å². The summed E-state index contributed by atoms with van der Waals surface area (Å²) in [6.45, 7) is 3.76. The molecule has 0 radical (unpaired) electrons. The quantitative estimate of drug-likeness (QED) is 0.537. The van der Waals surface area contributed by atoms with Gasteiger partial charge in [-0.2, -0.15) is 0 Å². The predicted molar refractivity (Wildman–Crippen MR) is 43.0 cm³/mol. The maximum atomic E-state index is 2.71. The van der Waals surface area contributed by atoms with E-state index in [4.69, 9.17) is 0 Å². The Bertz CT molecular complexity index is 118. The lowest BCUT2D eigenvalue weighted by Gasteiger charge is -2.37. The van der Waals surface area contributed by atoms with Crippen molar-refractivity contribution in [1.29, 1.82) is 0 Å². The SMILES string of the molecule is CC1CCCN1C1CCC1. The lowest BCUT2D eigenvalue weighted by Crippen LogP contribution is -2.41. The molecule has 1 unspecified atom stereocenters. The van der Waals surface area contributed by atoms with E-state index in [1.54, 1.807) is 0 Å². The highest BCUT2D eigenvalue weighted by atomic mass is 15.2. The third-order valence-electron chi connectivity index (χ3n) is 3.15. The van der Waals surface area contributed by atoms with Gasteiger partial charge in [-0.3, -0.25) is 4.90 Å². The zero-order valence-corrected chi connectivity index (χ0v) is 6.84. The Morgan fingerprint density at radius 3 is 2.30 bits per heavy atom. The first-order valence-electron chi connectivity index (χ1n) is 4.63. The molecule has 2 fully saturated rings. The summed E-state index contributed by atoms with van der Waals surface area (Å²) in [7, 11) is 0. The molecule has 0 amide bonds. The molecule has 0 aromatic rings. The van der Waals surface area contributed by atoms with Crippen LogP contribution in [0.1, 0.15) is 39.0 Å². The number of likely N-dealkylation sites (tertiary alicyclic amines) is 1. The standard InChI is InChI=1S/C9H17N/c1-8-4-3-7-10(8)9-5-2-6-9/h8-9H,2-7H2,1H3. The second-order valence-electron chi connectivity index (χ2n) is 3.81. The molecule has 1 heterocycles. The molecule has 2 aliphatic rings. The van der Waals surface area contributed by atoms with Crippen LogP contribution in [0.25, 0.3) is 0 Å². The van der Waals surface area contributed by atoms with Crippen molar-refractivity contribution in [2.45, 2.75) is 51.1 Å². The zero-order chi connectivity index (χ0) is 6.97. The second-order valence-corrected chi connectivity index (χ2v) is 3.81. The normalized spacial score (nSPS) is 36.3. The number of rotatable bonds is 1. The van der Waals surface area contributed by atoms with Gasteiger partial charge in [-0.1, -0.05) is 6.42 Å². The Hall–Kier alpha value is -0.0400. The highest BCUT2D eigenvalue weighted by Crippen LogP contribution is 2.30. The molecule has 1 aliphatic heterocycles. The molecule has 1 nitrogen and oxygen atoms in total. The third-order valence-corrected chi connectivity index (χ3v) is 3.15. The van der Waals surface area contributed by atoms with E-state index in [0.29, 0.717) is 0 Å². The molecule has 1 saturated heterocycles. The van der Waals surface area contributed by atoms with Gasteiger partial charge in [0.15, 0.2) is 0 Å². The third kappa shape index (κ3) is 0.968. The molecule has 58 valence electrons. The Balaban J connectivity index is 1.90. The fourth-order valence-corrected chi connectivity index (χ4v) is 2.22. The van der Waals surface area contributed by atoms with Gasteiger partial charge >= 0.3 is 0 Å². The van der Waals surface area contributed by atoms with E-state index < -0.39 is 0 Å². The van der Waals surface area contributed by atoms with Crippen LogP contribution >= 0.6 is 0 Å². The van der Waals surface area contributed by atoms with E-state index >= 15 is 0 Å². The van der Waals surface area contributed by atoms with Gasteiger partial charge < -0.3 is 0 Å². The van der Waals surface area contributed by atoms with Gasteiger partial charge in [0.2, 0.25) is 0 Å². The van der Waals surface area contributed by atoms with Crippen molar-refractivity contribution in [3.63, 3.8) is 0 Å². The van der Waals surface area contributed by atoms with Crippen molar-refractivity contribution in [3.05, 3.63) is 0 Å². The fraction of sp³-hybridized carbons (Fsp3) is 1.00. The lowest BCUT2D eigenvalue weighted by molar-refractivity contribution is 0.122. The molecular formula is C9H17N. The van der Waals surface area contributed by atoms with Crippen molar-refractivity contribution < 1.29 is 0 Å². The average molecular weight is 139 g/mol. The first-order chi connectivity index (χ1) is 4.88. The van der Waals surface area contributed by atoms with E-state index in [0.717, 1.165) is 12.1 Å². The summed E-state index contributed by atoms with van der Waals surface area (Å²) >= 11 is 0. The minimum Gasteiger partial charge on any atom is -0.298 e. The van der Waals surface area contributed by atoms with Crippen LogP contribution in [-0.4, -0.2) is 23.5 Å². The van der Waals surface area contributed by atoms with Gasteiger partial charge in [-0.15, -0.1) is 0 Å². The van der Waals surface area contributed by atoms with Crippen LogP contribution < -0.4 is 0 Å². The first kappa shape index (κ1) is 6.66. The van der Waals surface area contributed by atoms with Crippen LogP contribution in [0.5, 0.6) is 0 Å². The molecule has 1 aliphatic carbocycles. The van der Waals surface area contributed by atoms with Gasteiger partial charge in [-0.25, -0.2) is 0 Å². The number of hydrogen-bond donors (Lipinski definition) is 0. The summed E-state index contributed by atoms with van der Waals surface area (Å²) in [5, 5.41) is 0. The summed E-state index contributed by atoms with van der Waals surface area (Å²) in [5.74, 6) is 0. The second kappa shape index (κ2) is 2.54. The summed E-state index contributed by atoms with van der Waals surface area (Å²) < 4.78 is 0. The Morgan fingerprint density at radius 1 is 1.10 bits per heavy atom. The monoisotopic (exact) mass is 139 g/mol. The molecule has 1 atom stereocenters. The van der Waals surface area contributed by atoms with Crippen LogP contribution in [-0.2, 0) is 0 Å². The maximum absolute atomic E-state index is 2.71. The molecule has 0 N–H and O–H groups in total. The summed E-state index contributed by atoms with van der Waals surface area (Å²) in [5.41, 5.74) is 0. The van der Waals surface area contributed by atoms with Gasteiger partial charge in [-0.05, 0) is 39.2 Å². The van der Waals surface area contributed by atoms with Gasteiger partial charge in [0, 0.05) is 12.1 Å². The molecule has 0 spiro atoms. The minimum atomic E-state index is 0.894. The summed E-state index contributed by atoms with van der Waals surface area (Å²) in [4.78, 5) is 2.71. The number of hydrogen-bond acceptors (Lipinski definition) is 1. The highest BCUT2D eigenvalue weighted by molar-refractivity contribution is 4.86. The number of nitrogens with zero attached hydrogens (tertiary/aromatic N) is 1. The fourth-order valence-electron chi connectivity index (χ4n) is 2.22. The highest BCUT2D eigenvalue weighted by Gasteiger charge is 2.30. The molecule has 0 bridgehead atoms. The summed E-state index contributed by atoms with van der Waals surface area (Å²) in [6.07, 6.45) is 7.32. The molecule has 2 rings (SSSR count). The summed E-state index contributed by atoms with van der Waals surface area (Å²) in [6, 6.07) is 1.88. The van der Waals surface area contributed by atoms with Gasteiger partial charge in [0.05, 0.1) is 0 Å². The molecule has 0 aromatic heterocycles. The van der Waals surface area contributed by atoms with E-state index in [-0.39, 0.29) is 0 Å². The smallest absolute Gasteiger partial charge is 0.00980 e. The predicted octanol–water partition coefficient (Wildman–Crippen LogP) is 2.02. The molecule has 10 heavy (non-hydrogen) atoms. The van der Waals surface area contributed by atoms with E-state index in [9.17, 15) is 0 Å². The molecule has 1 heteroatoms. The van der Waals surface area contributed by atoms with Crippen molar-refractivity contribution in [2.24, 2.45) is 0 Å². The Morgan fingerprint density at radius 2 is 1.90 bits per heavy atom. The van der Waals surface area contributed by atoms with E-state index in [2.05, 4.69) is 11.8 Å². The van der Waals surface area contributed by atoms with Crippen LogP contribution in [0.15, 0.2) is 0 Å². The largest absolute Gasteiger partial charge is 0.298 e. The van der Waals surface area contributed by atoms with Crippen molar-refractivity contribution >= 4 is 0 Å². The van der Waals surface area contributed by atoms with Gasteiger partial charge in [0.1, 0.15) is 0 Å². The molecular weight excluding hydrogens is 122 g/mol. The van der Waals surface area contributed by atoms with E-state index in [1.807, 2.05) is 0 Å². The van der Waals surface area contributed by atoms with Crippen LogP contribution in [0.3, 0.4) is 0 Å². The Labute approximate surface area is 63.4 Å². The topological polar surface area (TPSA) is 3.24 Å². The average Bonchev–Trinajstić information content (AvgIpc) is 2.12. The lowest BCUT2D eigenvalue weighted by atomic mass is 9.91.